The van der Waals surface area contributed by atoms with Gasteiger partial charge >= 0.3 is 11.7 Å². The number of ether oxygens (including phenoxy) is 2. The highest BCUT2D eigenvalue weighted by Crippen LogP contribution is 2.40. The van der Waals surface area contributed by atoms with Gasteiger partial charge in [0.2, 0.25) is 5.75 Å². The van der Waals surface area contributed by atoms with Crippen molar-refractivity contribution in [3.8, 4) is 16.9 Å². The summed E-state index contributed by atoms with van der Waals surface area (Å²) in [6.45, 7) is 0.802. The van der Waals surface area contributed by atoms with Gasteiger partial charge in [-0.2, -0.15) is 0 Å². The van der Waals surface area contributed by atoms with Crippen molar-refractivity contribution >= 4 is 28.1 Å². The zero-order chi connectivity index (χ0) is 25.5. The van der Waals surface area contributed by atoms with Crippen LogP contribution in [0.15, 0.2) is 84.9 Å². The number of likely N-dealkylation sites (N-methyl/N-ethyl adjacent to an activating group) is 1. The Balaban J connectivity index is 1.71. The maximum absolute atomic E-state index is 12.1. The largest absolute Gasteiger partial charge is 0.484 e. The van der Waals surface area contributed by atoms with Gasteiger partial charge in [-0.05, 0) is 52.6 Å². The van der Waals surface area contributed by atoms with Crippen LogP contribution in [0, 0.1) is 10.1 Å². The number of methoxy groups -OCH3 is 1. The van der Waals surface area contributed by atoms with E-state index >= 15 is 0 Å². The second-order valence-corrected chi connectivity index (χ2v) is 8.49. The Morgan fingerprint density at radius 1 is 0.944 bits per heavy atom. The van der Waals surface area contributed by atoms with Crippen molar-refractivity contribution < 1.29 is 19.2 Å². The highest BCUT2D eigenvalue weighted by Gasteiger charge is 2.23. The molecule has 4 rings (SSSR count). The topological polar surface area (TPSA) is 81.9 Å². The molecule has 0 aliphatic carbocycles. The van der Waals surface area contributed by atoms with E-state index in [1.807, 2.05) is 90.8 Å². The van der Waals surface area contributed by atoms with Crippen LogP contribution in [0.3, 0.4) is 0 Å². The minimum absolute atomic E-state index is 0.122. The van der Waals surface area contributed by atoms with Gasteiger partial charge in [-0.3, -0.25) is 14.9 Å². The monoisotopic (exact) mass is 484 g/mol. The van der Waals surface area contributed by atoms with Crippen LogP contribution < -0.4 is 9.64 Å². The van der Waals surface area contributed by atoms with Gasteiger partial charge in [0.1, 0.15) is 6.61 Å². The summed E-state index contributed by atoms with van der Waals surface area (Å²) in [7, 11) is 3.28. The predicted octanol–water partition coefficient (Wildman–Crippen LogP) is 6.04. The maximum atomic E-state index is 12.1. The minimum Gasteiger partial charge on any atom is -0.484 e. The third-order valence-corrected chi connectivity index (χ3v) is 6.10. The number of aryl methyl sites for hydroxylation is 1. The van der Waals surface area contributed by atoms with Gasteiger partial charge in [-0.25, -0.2) is 0 Å². The zero-order valence-corrected chi connectivity index (χ0v) is 20.3. The van der Waals surface area contributed by atoms with Crippen LogP contribution in [0.5, 0.6) is 5.75 Å². The highest BCUT2D eigenvalue weighted by atomic mass is 16.6. The van der Waals surface area contributed by atoms with Gasteiger partial charge in [0.25, 0.3) is 0 Å². The standard InChI is InChI=1S/C29H28N2O5/c1-30(25-10-4-3-5-11-25)16-17-36-29-26(24-14-13-22-8-6-7-9-23(22)20-24)18-21(12-15-28(32)35-2)19-27(29)31(33)34/h3-11,13-14,18-20H,12,15-17H2,1-2H3. The molecule has 0 unspecified atom stereocenters. The minimum atomic E-state index is -0.428. The second kappa shape index (κ2) is 11.4. The zero-order valence-electron chi connectivity index (χ0n) is 20.3. The number of fused-ring (bicyclic) bond motifs is 1. The average molecular weight is 485 g/mol. The van der Waals surface area contributed by atoms with E-state index in [0.717, 1.165) is 22.0 Å². The van der Waals surface area contributed by atoms with Gasteiger partial charge in [-0.15, -0.1) is 0 Å². The summed E-state index contributed by atoms with van der Waals surface area (Å²) in [5.74, 6) is -0.146. The van der Waals surface area contributed by atoms with E-state index < -0.39 is 4.92 Å². The molecule has 7 heteroatoms. The van der Waals surface area contributed by atoms with Crippen LogP contribution in [0.25, 0.3) is 21.9 Å². The van der Waals surface area contributed by atoms with Crippen molar-refractivity contribution in [1.29, 1.82) is 0 Å². The Morgan fingerprint density at radius 2 is 1.67 bits per heavy atom. The van der Waals surface area contributed by atoms with Gasteiger partial charge in [-0.1, -0.05) is 54.6 Å². The number of nitrogens with zero attached hydrogens (tertiary/aromatic N) is 2. The number of carbonyl (C=O) groups excluding carboxylic acids is 1. The van der Waals surface area contributed by atoms with E-state index in [1.54, 1.807) is 0 Å². The lowest BCUT2D eigenvalue weighted by molar-refractivity contribution is -0.385. The summed E-state index contributed by atoms with van der Waals surface area (Å²) in [5, 5.41) is 14.2. The molecular formula is C29H28N2O5. The molecule has 0 atom stereocenters. The van der Waals surface area contributed by atoms with Crippen LogP contribution in [-0.2, 0) is 16.0 Å². The molecule has 0 spiro atoms. The molecule has 0 radical (unpaired) electrons. The van der Waals surface area contributed by atoms with Crippen LogP contribution in [0.1, 0.15) is 12.0 Å². The van der Waals surface area contributed by atoms with E-state index in [4.69, 9.17) is 9.47 Å². The van der Waals surface area contributed by atoms with E-state index in [1.165, 1.54) is 13.2 Å². The van der Waals surface area contributed by atoms with E-state index in [0.29, 0.717) is 24.1 Å². The Hall–Kier alpha value is -4.39. The Bertz CT molecular complexity index is 1370. The summed E-state index contributed by atoms with van der Waals surface area (Å²) in [6.07, 6.45) is 0.456. The second-order valence-electron chi connectivity index (χ2n) is 8.49. The first-order valence-electron chi connectivity index (χ1n) is 11.7. The number of nitro groups is 1. The van der Waals surface area contributed by atoms with Crippen LogP contribution in [-0.4, -0.2) is 38.2 Å². The van der Waals surface area contributed by atoms with Gasteiger partial charge in [0.15, 0.2) is 0 Å². The number of carbonyl (C=O) groups is 1. The molecule has 0 N–H and O–H groups in total. The molecular weight excluding hydrogens is 456 g/mol. The third-order valence-electron chi connectivity index (χ3n) is 6.10. The number of nitro benzene ring substituents is 1. The fourth-order valence-electron chi connectivity index (χ4n) is 4.12. The first-order valence-corrected chi connectivity index (χ1v) is 11.7. The molecule has 0 bridgehead atoms. The van der Waals surface area contributed by atoms with Crippen molar-refractivity contribution in [1.82, 2.24) is 0 Å². The summed E-state index contributed by atoms with van der Waals surface area (Å²) in [5.41, 5.74) is 3.01. The summed E-state index contributed by atoms with van der Waals surface area (Å²) in [4.78, 5) is 25.4. The number of anilines is 1. The molecule has 0 aromatic heterocycles. The number of esters is 1. The van der Waals surface area contributed by atoms with Crippen LogP contribution in [0.2, 0.25) is 0 Å². The van der Waals surface area contributed by atoms with Gasteiger partial charge in [0.05, 0.1) is 18.6 Å². The van der Waals surface area contributed by atoms with Crippen molar-refractivity contribution in [3.63, 3.8) is 0 Å². The Morgan fingerprint density at radius 3 is 2.39 bits per heavy atom. The van der Waals surface area contributed by atoms with Crippen molar-refractivity contribution in [2.45, 2.75) is 12.8 Å². The molecule has 4 aromatic carbocycles. The maximum Gasteiger partial charge on any atom is 0.311 e. The Kier molecular flexibility index (Phi) is 7.80. The molecule has 4 aromatic rings. The lowest BCUT2D eigenvalue weighted by atomic mass is 9.96. The quantitative estimate of drug-likeness (QED) is 0.155. The first-order chi connectivity index (χ1) is 17.5. The van der Waals surface area contributed by atoms with Crippen LogP contribution in [0.4, 0.5) is 11.4 Å². The first kappa shape index (κ1) is 24.7. The highest BCUT2D eigenvalue weighted by molar-refractivity contribution is 5.89. The van der Waals surface area contributed by atoms with E-state index in [-0.39, 0.29) is 30.4 Å². The molecule has 0 amide bonds. The van der Waals surface area contributed by atoms with Crippen LogP contribution >= 0.6 is 0 Å². The molecule has 0 aliphatic rings. The summed E-state index contributed by atoms with van der Waals surface area (Å²) >= 11 is 0. The molecule has 36 heavy (non-hydrogen) atoms. The average Bonchev–Trinajstić information content (AvgIpc) is 2.91. The lowest BCUT2D eigenvalue weighted by Crippen LogP contribution is -2.23. The van der Waals surface area contributed by atoms with E-state index in [9.17, 15) is 14.9 Å². The number of para-hydroxylation sites is 1. The molecule has 0 saturated carbocycles. The number of hydrogen-bond donors (Lipinski definition) is 0. The van der Waals surface area contributed by atoms with Gasteiger partial charge in [0, 0.05) is 30.8 Å². The molecule has 7 nitrogen and oxygen atoms in total. The van der Waals surface area contributed by atoms with Gasteiger partial charge < -0.3 is 14.4 Å². The smallest absolute Gasteiger partial charge is 0.311 e. The normalized spacial score (nSPS) is 10.7. The molecule has 184 valence electrons. The number of hydrogen-bond acceptors (Lipinski definition) is 6. The predicted molar refractivity (Wildman–Crippen MR) is 142 cm³/mol. The molecule has 0 fully saturated rings. The fraction of sp³-hybridized carbons (Fsp3) is 0.207. The SMILES string of the molecule is COC(=O)CCc1cc(-c2ccc3ccccc3c2)c(OCCN(C)c2ccccc2)c([N+](=O)[O-])c1. The lowest BCUT2D eigenvalue weighted by Gasteiger charge is -2.20. The van der Waals surface area contributed by atoms with Crippen molar-refractivity contribution in [2.75, 3.05) is 32.2 Å². The molecule has 0 heterocycles. The summed E-state index contributed by atoms with van der Waals surface area (Å²) < 4.78 is 10.9. The molecule has 0 aliphatic heterocycles. The fourth-order valence-corrected chi connectivity index (χ4v) is 4.12. The van der Waals surface area contributed by atoms with E-state index in [2.05, 4.69) is 0 Å². The Labute approximate surface area is 210 Å². The third kappa shape index (κ3) is 5.81. The number of benzene rings is 4. The number of rotatable bonds is 10. The molecule has 0 saturated heterocycles. The summed E-state index contributed by atoms with van der Waals surface area (Å²) in [6, 6.07) is 27.1. The van der Waals surface area contributed by atoms with Crippen molar-refractivity contribution in [3.05, 3.63) is 101 Å². The van der Waals surface area contributed by atoms with Crippen molar-refractivity contribution in [2.24, 2.45) is 0 Å².